The molecule has 0 saturated carbocycles. The number of benzene rings is 1. The van der Waals surface area contributed by atoms with Crippen LogP contribution in [0.1, 0.15) is 40.7 Å². The fourth-order valence-corrected chi connectivity index (χ4v) is 2.11. The Morgan fingerprint density at radius 3 is 2.53 bits per heavy atom. The molecule has 0 radical (unpaired) electrons. The van der Waals surface area contributed by atoms with Crippen molar-refractivity contribution >= 4 is 5.78 Å². The summed E-state index contributed by atoms with van der Waals surface area (Å²) in [6.07, 6.45) is 2.49. The lowest BCUT2D eigenvalue weighted by Crippen LogP contribution is -2.07. The number of carbonyl (C=O) groups is 1. The first kappa shape index (κ1) is 10.3. The maximum Gasteiger partial charge on any atom is 0.163 e. The van der Waals surface area contributed by atoms with E-state index in [0.717, 1.165) is 18.9 Å². The lowest BCUT2D eigenvalue weighted by molar-refractivity contribution is 0.0980. The number of Topliss-reactive ketones (excluding diaryl/α,β-unsaturated/α-hetero) is 1. The molecule has 0 amide bonds. The third-order valence-corrected chi connectivity index (χ3v) is 2.94. The summed E-state index contributed by atoms with van der Waals surface area (Å²) in [5.74, 6) is -1.33. The first-order valence-corrected chi connectivity index (χ1v) is 5.12. The van der Waals surface area contributed by atoms with E-state index in [4.69, 9.17) is 0 Å². The molecule has 80 valence electrons. The van der Waals surface area contributed by atoms with Gasteiger partial charge in [0.1, 0.15) is 11.6 Å². The van der Waals surface area contributed by atoms with Crippen molar-refractivity contribution in [2.75, 3.05) is 0 Å². The van der Waals surface area contributed by atoms with E-state index in [1.54, 1.807) is 0 Å². The third kappa shape index (κ3) is 1.66. The first-order chi connectivity index (χ1) is 7.11. The van der Waals surface area contributed by atoms with Gasteiger partial charge in [0.25, 0.3) is 0 Å². The minimum absolute atomic E-state index is 0.126. The highest BCUT2D eigenvalue weighted by Gasteiger charge is 2.23. The van der Waals surface area contributed by atoms with Gasteiger partial charge in [-0.25, -0.2) is 8.78 Å². The Hall–Kier alpha value is -1.25. The van der Waals surface area contributed by atoms with E-state index in [1.165, 1.54) is 6.92 Å². The number of hydrogen-bond donors (Lipinski definition) is 0. The lowest BCUT2D eigenvalue weighted by Gasteiger charge is -2.10. The number of carbonyl (C=O) groups excluding carboxylic acids is 1. The summed E-state index contributed by atoms with van der Waals surface area (Å²) in [6, 6.07) is 0.882. The van der Waals surface area contributed by atoms with Gasteiger partial charge < -0.3 is 0 Å². The van der Waals surface area contributed by atoms with Crippen LogP contribution in [0.4, 0.5) is 8.78 Å². The zero-order chi connectivity index (χ0) is 11.0. The van der Waals surface area contributed by atoms with Crippen molar-refractivity contribution in [3.05, 3.63) is 34.4 Å². The highest BCUT2D eigenvalue weighted by atomic mass is 19.1. The summed E-state index contributed by atoms with van der Waals surface area (Å²) < 4.78 is 26.8. The van der Waals surface area contributed by atoms with Crippen molar-refractivity contribution in [1.29, 1.82) is 0 Å². The van der Waals surface area contributed by atoms with Crippen LogP contribution in [-0.2, 0) is 6.42 Å². The van der Waals surface area contributed by atoms with Crippen LogP contribution in [0.3, 0.4) is 0 Å². The maximum absolute atomic E-state index is 13.5. The number of ketones is 1. The molecule has 1 aromatic rings. The van der Waals surface area contributed by atoms with Crippen LogP contribution < -0.4 is 0 Å². The number of halogens is 2. The van der Waals surface area contributed by atoms with Crippen LogP contribution in [0.2, 0.25) is 0 Å². The van der Waals surface area contributed by atoms with E-state index in [0.29, 0.717) is 24.0 Å². The molecular weight excluding hydrogens is 198 g/mol. The third-order valence-electron chi connectivity index (χ3n) is 2.94. The van der Waals surface area contributed by atoms with Crippen LogP contribution in [-0.4, -0.2) is 5.78 Å². The quantitative estimate of drug-likeness (QED) is 0.601. The SMILES string of the molecule is Cc1c(F)cc(F)c2c1C(=O)CCCC2. The highest BCUT2D eigenvalue weighted by Crippen LogP contribution is 2.27. The molecule has 0 atom stereocenters. The van der Waals surface area contributed by atoms with E-state index in [2.05, 4.69) is 0 Å². The summed E-state index contributed by atoms with van der Waals surface area (Å²) in [6.45, 7) is 1.54. The molecule has 0 saturated heterocycles. The van der Waals surface area contributed by atoms with Gasteiger partial charge in [-0.15, -0.1) is 0 Å². The van der Waals surface area contributed by atoms with Gasteiger partial charge in [0.2, 0.25) is 0 Å². The van der Waals surface area contributed by atoms with Crippen LogP contribution in [0, 0.1) is 18.6 Å². The van der Waals surface area contributed by atoms with Gasteiger partial charge in [-0.05, 0) is 37.3 Å². The second-order valence-electron chi connectivity index (χ2n) is 3.95. The molecule has 0 aliphatic heterocycles. The molecule has 0 spiro atoms. The Labute approximate surface area is 87.1 Å². The topological polar surface area (TPSA) is 17.1 Å². The van der Waals surface area contributed by atoms with E-state index < -0.39 is 11.6 Å². The molecule has 1 aliphatic carbocycles. The summed E-state index contributed by atoms with van der Waals surface area (Å²) in [7, 11) is 0. The zero-order valence-electron chi connectivity index (χ0n) is 8.57. The Bertz CT molecular complexity index is 424. The lowest BCUT2D eigenvalue weighted by atomic mass is 9.96. The molecule has 1 nitrogen and oxygen atoms in total. The Balaban J connectivity index is 2.69. The van der Waals surface area contributed by atoms with Gasteiger partial charge in [-0.1, -0.05) is 0 Å². The highest BCUT2D eigenvalue weighted by molar-refractivity contribution is 5.99. The Morgan fingerprint density at radius 2 is 1.80 bits per heavy atom. The second-order valence-corrected chi connectivity index (χ2v) is 3.95. The van der Waals surface area contributed by atoms with Crippen molar-refractivity contribution in [3.63, 3.8) is 0 Å². The van der Waals surface area contributed by atoms with Gasteiger partial charge in [0.05, 0.1) is 0 Å². The maximum atomic E-state index is 13.5. The monoisotopic (exact) mass is 210 g/mol. The van der Waals surface area contributed by atoms with Crippen molar-refractivity contribution in [2.24, 2.45) is 0 Å². The molecular formula is C12H12F2O. The molecule has 0 heterocycles. The zero-order valence-corrected chi connectivity index (χ0v) is 8.57. The fourth-order valence-electron chi connectivity index (χ4n) is 2.11. The smallest absolute Gasteiger partial charge is 0.163 e. The fraction of sp³-hybridized carbons (Fsp3) is 0.417. The number of hydrogen-bond acceptors (Lipinski definition) is 1. The van der Waals surface area contributed by atoms with Gasteiger partial charge in [0.15, 0.2) is 5.78 Å². The largest absolute Gasteiger partial charge is 0.294 e. The Kier molecular flexibility index (Phi) is 2.55. The first-order valence-electron chi connectivity index (χ1n) is 5.12. The standard InChI is InChI=1S/C12H12F2O/c1-7-9(13)6-10(14)8-4-2-3-5-11(15)12(7)8/h6H,2-5H2,1H3. The summed E-state index contributed by atoms with van der Waals surface area (Å²) in [4.78, 5) is 11.7. The normalized spacial score (nSPS) is 16.1. The van der Waals surface area contributed by atoms with Gasteiger partial charge in [0, 0.05) is 18.1 Å². The molecule has 2 rings (SSSR count). The number of fused-ring (bicyclic) bond motifs is 1. The summed E-state index contributed by atoms with van der Waals surface area (Å²) in [5.41, 5.74) is 0.972. The molecule has 15 heavy (non-hydrogen) atoms. The number of rotatable bonds is 0. The molecule has 0 N–H and O–H groups in total. The van der Waals surface area contributed by atoms with Crippen molar-refractivity contribution in [2.45, 2.75) is 32.6 Å². The van der Waals surface area contributed by atoms with Crippen molar-refractivity contribution in [3.8, 4) is 0 Å². The average Bonchev–Trinajstić information content (AvgIpc) is 2.37. The molecule has 1 aromatic carbocycles. The van der Waals surface area contributed by atoms with Crippen LogP contribution >= 0.6 is 0 Å². The van der Waals surface area contributed by atoms with Crippen molar-refractivity contribution < 1.29 is 13.6 Å². The van der Waals surface area contributed by atoms with E-state index >= 15 is 0 Å². The second kappa shape index (κ2) is 3.72. The summed E-state index contributed by atoms with van der Waals surface area (Å²) >= 11 is 0. The van der Waals surface area contributed by atoms with Crippen LogP contribution in [0.25, 0.3) is 0 Å². The van der Waals surface area contributed by atoms with E-state index in [-0.39, 0.29) is 11.3 Å². The van der Waals surface area contributed by atoms with Gasteiger partial charge in [-0.2, -0.15) is 0 Å². The predicted octanol–water partition coefficient (Wildman–Crippen LogP) is 3.18. The molecule has 0 aromatic heterocycles. The van der Waals surface area contributed by atoms with Crippen LogP contribution in [0.5, 0.6) is 0 Å². The molecule has 1 aliphatic rings. The predicted molar refractivity (Wildman–Crippen MR) is 53.0 cm³/mol. The minimum Gasteiger partial charge on any atom is -0.294 e. The molecule has 0 fully saturated rings. The van der Waals surface area contributed by atoms with Gasteiger partial charge >= 0.3 is 0 Å². The summed E-state index contributed by atoms with van der Waals surface area (Å²) in [5, 5.41) is 0. The van der Waals surface area contributed by atoms with Gasteiger partial charge in [-0.3, -0.25) is 4.79 Å². The van der Waals surface area contributed by atoms with Crippen molar-refractivity contribution in [1.82, 2.24) is 0 Å². The molecule has 0 unspecified atom stereocenters. The molecule has 3 heteroatoms. The minimum atomic E-state index is -0.624. The molecule has 0 bridgehead atoms. The van der Waals surface area contributed by atoms with E-state index in [1.807, 2.05) is 0 Å². The van der Waals surface area contributed by atoms with Crippen LogP contribution in [0.15, 0.2) is 6.07 Å². The Morgan fingerprint density at radius 1 is 1.13 bits per heavy atom. The van der Waals surface area contributed by atoms with E-state index in [9.17, 15) is 13.6 Å². The average molecular weight is 210 g/mol.